The Morgan fingerprint density at radius 2 is 1.88 bits per heavy atom. The van der Waals surface area contributed by atoms with Gasteiger partial charge in [0.1, 0.15) is 0 Å². The summed E-state index contributed by atoms with van der Waals surface area (Å²) in [5.41, 5.74) is 1.94. The first-order valence-electron chi connectivity index (χ1n) is 6.03. The SMILES string of the molecule is Cc1c(Cl)nnc(NC2CCCCC2O)c1C. The van der Waals surface area contributed by atoms with E-state index in [2.05, 4.69) is 15.5 Å². The van der Waals surface area contributed by atoms with E-state index in [1.54, 1.807) is 0 Å². The minimum Gasteiger partial charge on any atom is -0.391 e. The maximum atomic E-state index is 9.91. The second-order valence-electron chi connectivity index (χ2n) is 4.69. The molecule has 0 aliphatic heterocycles. The fourth-order valence-corrected chi connectivity index (χ4v) is 2.35. The Balaban J connectivity index is 2.15. The van der Waals surface area contributed by atoms with Gasteiger partial charge in [-0.1, -0.05) is 24.4 Å². The molecule has 1 aromatic rings. The highest BCUT2D eigenvalue weighted by Gasteiger charge is 2.24. The van der Waals surface area contributed by atoms with Gasteiger partial charge < -0.3 is 10.4 Å². The standard InChI is InChI=1S/C12H18ClN3O/c1-7-8(2)12(16-15-11(7)13)14-9-5-3-4-6-10(9)17/h9-10,17H,3-6H2,1-2H3,(H,14,16). The Bertz CT molecular complexity index is 411. The van der Waals surface area contributed by atoms with Crippen molar-refractivity contribution in [2.24, 2.45) is 0 Å². The number of halogens is 1. The van der Waals surface area contributed by atoms with Crippen LogP contribution in [0.15, 0.2) is 0 Å². The first kappa shape index (κ1) is 12.6. The van der Waals surface area contributed by atoms with Crippen molar-refractivity contribution < 1.29 is 5.11 Å². The first-order chi connectivity index (χ1) is 8.09. The van der Waals surface area contributed by atoms with Gasteiger partial charge in [0.2, 0.25) is 0 Å². The van der Waals surface area contributed by atoms with Crippen LogP contribution in [0.25, 0.3) is 0 Å². The van der Waals surface area contributed by atoms with Gasteiger partial charge >= 0.3 is 0 Å². The van der Waals surface area contributed by atoms with Gasteiger partial charge in [0.05, 0.1) is 12.1 Å². The number of aliphatic hydroxyl groups is 1. The molecule has 0 aromatic carbocycles. The van der Waals surface area contributed by atoms with Crippen LogP contribution in [-0.4, -0.2) is 27.4 Å². The summed E-state index contributed by atoms with van der Waals surface area (Å²) in [4.78, 5) is 0. The van der Waals surface area contributed by atoms with Gasteiger partial charge in [0.25, 0.3) is 0 Å². The number of hydrogen-bond donors (Lipinski definition) is 2. The number of rotatable bonds is 2. The van der Waals surface area contributed by atoms with E-state index in [1.165, 1.54) is 0 Å². The topological polar surface area (TPSA) is 58.0 Å². The zero-order valence-corrected chi connectivity index (χ0v) is 11.0. The molecule has 0 amide bonds. The van der Waals surface area contributed by atoms with Crippen LogP contribution in [0.4, 0.5) is 5.82 Å². The third kappa shape index (κ3) is 2.69. The third-order valence-corrected chi connectivity index (χ3v) is 3.88. The van der Waals surface area contributed by atoms with Crippen molar-refractivity contribution in [3.63, 3.8) is 0 Å². The molecule has 2 N–H and O–H groups in total. The van der Waals surface area contributed by atoms with Crippen LogP contribution in [0.1, 0.15) is 36.8 Å². The van der Waals surface area contributed by atoms with Crippen LogP contribution in [0, 0.1) is 13.8 Å². The van der Waals surface area contributed by atoms with Crippen molar-refractivity contribution in [1.82, 2.24) is 10.2 Å². The summed E-state index contributed by atoms with van der Waals surface area (Å²) >= 11 is 5.91. The van der Waals surface area contributed by atoms with Crippen LogP contribution < -0.4 is 5.32 Å². The number of nitrogens with zero attached hydrogens (tertiary/aromatic N) is 2. The average molecular weight is 256 g/mol. The average Bonchev–Trinajstić information content (AvgIpc) is 2.32. The number of nitrogens with one attached hydrogen (secondary N) is 1. The smallest absolute Gasteiger partial charge is 0.155 e. The molecular weight excluding hydrogens is 238 g/mol. The molecule has 0 saturated heterocycles. The molecule has 2 atom stereocenters. The van der Waals surface area contributed by atoms with E-state index in [1.807, 2.05) is 13.8 Å². The fourth-order valence-electron chi connectivity index (χ4n) is 2.17. The number of aliphatic hydroxyl groups excluding tert-OH is 1. The van der Waals surface area contributed by atoms with Crippen molar-refractivity contribution in [3.8, 4) is 0 Å². The van der Waals surface area contributed by atoms with E-state index >= 15 is 0 Å². The van der Waals surface area contributed by atoms with Gasteiger partial charge in [0.15, 0.2) is 11.0 Å². The molecule has 2 unspecified atom stereocenters. The predicted octanol–water partition coefficient (Wildman–Crippen LogP) is 2.46. The van der Waals surface area contributed by atoms with Gasteiger partial charge in [0, 0.05) is 0 Å². The summed E-state index contributed by atoms with van der Waals surface area (Å²) in [5.74, 6) is 0.734. The van der Waals surface area contributed by atoms with Crippen LogP contribution >= 0.6 is 11.6 Å². The molecular formula is C12H18ClN3O. The quantitative estimate of drug-likeness (QED) is 0.852. The van der Waals surface area contributed by atoms with Crippen LogP contribution in [-0.2, 0) is 0 Å². The molecule has 1 fully saturated rings. The second kappa shape index (κ2) is 5.19. The van der Waals surface area contributed by atoms with E-state index in [-0.39, 0.29) is 12.1 Å². The lowest BCUT2D eigenvalue weighted by Crippen LogP contribution is -2.36. The number of aromatic nitrogens is 2. The third-order valence-electron chi connectivity index (χ3n) is 3.52. The summed E-state index contributed by atoms with van der Waals surface area (Å²) in [5, 5.41) is 21.6. The summed E-state index contributed by atoms with van der Waals surface area (Å²) in [6.45, 7) is 3.89. The lowest BCUT2D eigenvalue weighted by Gasteiger charge is -2.29. The van der Waals surface area contributed by atoms with E-state index in [9.17, 15) is 5.11 Å². The van der Waals surface area contributed by atoms with Crippen molar-refractivity contribution >= 4 is 17.4 Å². The Labute approximate surface area is 106 Å². The van der Waals surface area contributed by atoms with Crippen LogP contribution in [0.3, 0.4) is 0 Å². The van der Waals surface area contributed by atoms with Crippen molar-refractivity contribution in [1.29, 1.82) is 0 Å². The highest BCUT2D eigenvalue weighted by atomic mass is 35.5. The fraction of sp³-hybridized carbons (Fsp3) is 0.667. The lowest BCUT2D eigenvalue weighted by atomic mass is 9.92. The van der Waals surface area contributed by atoms with E-state index < -0.39 is 0 Å². The van der Waals surface area contributed by atoms with Gasteiger partial charge in [-0.15, -0.1) is 10.2 Å². The van der Waals surface area contributed by atoms with Gasteiger partial charge in [-0.3, -0.25) is 0 Å². The van der Waals surface area contributed by atoms with E-state index in [4.69, 9.17) is 11.6 Å². The first-order valence-corrected chi connectivity index (χ1v) is 6.41. The highest BCUT2D eigenvalue weighted by Crippen LogP contribution is 2.25. The number of anilines is 1. The molecule has 1 heterocycles. The van der Waals surface area contributed by atoms with E-state index in [0.717, 1.165) is 42.6 Å². The molecule has 0 bridgehead atoms. The lowest BCUT2D eigenvalue weighted by molar-refractivity contribution is 0.116. The molecule has 1 aliphatic rings. The minimum atomic E-state index is -0.291. The molecule has 2 rings (SSSR count). The van der Waals surface area contributed by atoms with Crippen molar-refractivity contribution in [2.75, 3.05) is 5.32 Å². The second-order valence-corrected chi connectivity index (χ2v) is 5.05. The van der Waals surface area contributed by atoms with Gasteiger partial charge in [-0.2, -0.15) is 0 Å². The zero-order valence-electron chi connectivity index (χ0n) is 10.2. The van der Waals surface area contributed by atoms with Gasteiger partial charge in [-0.05, 0) is 37.8 Å². The molecule has 17 heavy (non-hydrogen) atoms. The largest absolute Gasteiger partial charge is 0.391 e. The summed E-state index contributed by atoms with van der Waals surface area (Å²) in [6.07, 6.45) is 3.79. The molecule has 0 radical (unpaired) electrons. The molecule has 5 heteroatoms. The zero-order chi connectivity index (χ0) is 12.4. The Morgan fingerprint density at radius 3 is 2.59 bits per heavy atom. The van der Waals surface area contributed by atoms with Crippen molar-refractivity contribution in [2.45, 2.75) is 51.7 Å². The molecule has 0 spiro atoms. The maximum Gasteiger partial charge on any atom is 0.155 e. The maximum absolute atomic E-state index is 9.91. The van der Waals surface area contributed by atoms with Crippen LogP contribution in [0.2, 0.25) is 5.15 Å². The summed E-state index contributed by atoms with van der Waals surface area (Å²) < 4.78 is 0. The molecule has 1 aliphatic carbocycles. The highest BCUT2D eigenvalue weighted by molar-refractivity contribution is 6.30. The predicted molar refractivity (Wildman–Crippen MR) is 68.4 cm³/mol. The Hall–Kier alpha value is -0.870. The van der Waals surface area contributed by atoms with E-state index in [0.29, 0.717) is 5.15 Å². The Kier molecular flexibility index (Phi) is 3.84. The molecule has 1 saturated carbocycles. The minimum absolute atomic E-state index is 0.0809. The van der Waals surface area contributed by atoms with Crippen molar-refractivity contribution in [3.05, 3.63) is 16.3 Å². The Morgan fingerprint density at radius 1 is 1.18 bits per heavy atom. The summed E-state index contributed by atoms with van der Waals surface area (Å²) in [7, 11) is 0. The normalized spacial score (nSPS) is 24.7. The summed E-state index contributed by atoms with van der Waals surface area (Å²) in [6, 6.07) is 0.0809. The molecule has 4 nitrogen and oxygen atoms in total. The molecule has 1 aromatic heterocycles. The van der Waals surface area contributed by atoms with Crippen LogP contribution in [0.5, 0.6) is 0 Å². The number of hydrogen-bond acceptors (Lipinski definition) is 4. The monoisotopic (exact) mass is 255 g/mol. The molecule has 94 valence electrons. The van der Waals surface area contributed by atoms with Gasteiger partial charge in [-0.25, -0.2) is 0 Å².